The molecule has 0 spiro atoms. The highest BCUT2D eigenvalue weighted by Crippen LogP contribution is 2.24. The summed E-state index contributed by atoms with van der Waals surface area (Å²) in [7, 11) is 1.56. The normalized spacial score (nSPS) is 15.0. The molecule has 2 N–H and O–H groups in total. The number of hydrogen-bond donors (Lipinski definition) is 2. The van der Waals surface area contributed by atoms with E-state index in [1.807, 2.05) is 0 Å². The maximum Gasteiger partial charge on any atom is 0.254 e. The first-order chi connectivity index (χ1) is 15.1. The van der Waals surface area contributed by atoms with E-state index in [0.29, 0.717) is 29.8 Å². The monoisotopic (exact) mass is 415 g/mol. The van der Waals surface area contributed by atoms with Crippen LogP contribution in [0.5, 0.6) is 5.75 Å². The van der Waals surface area contributed by atoms with Crippen LogP contribution in [0.2, 0.25) is 0 Å². The molecule has 2 amide bonds. The molecule has 0 fully saturated rings. The van der Waals surface area contributed by atoms with Gasteiger partial charge in [0.15, 0.2) is 0 Å². The Morgan fingerprint density at radius 1 is 1.23 bits per heavy atom. The number of hydrogen-bond acceptors (Lipinski definition) is 5. The van der Waals surface area contributed by atoms with Crippen molar-refractivity contribution >= 4 is 11.8 Å². The third-order valence-corrected chi connectivity index (χ3v) is 5.35. The van der Waals surface area contributed by atoms with Crippen LogP contribution >= 0.6 is 0 Å². The minimum Gasteiger partial charge on any atom is -0.497 e. The van der Waals surface area contributed by atoms with Gasteiger partial charge in [-0.15, -0.1) is 0 Å². The van der Waals surface area contributed by atoms with Crippen LogP contribution in [0.4, 0.5) is 0 Å². The molecule has 0 aliphatic carbocycles. The molecule has 0 bridgehead atoms. The van der Waals surface area contributed by atoms with E-state index in [4.69, 9.17) is 10.00 Å². The average molecular weight is 415 g/mol. The van der Waals surface area contributed by atoms with Crippen LogP contribution in [0.3, 0.4) is 0 Å². The first-order valence-electron chi connectivity index (χ1n) is 9.82. The summed E-state index contributed by atoms with van der Waals surface area (Å²) >= 11 is 0. The molecule has 1 aliphatic heterocycles. The minimum absolute atomic E-state index is 0.235. The fourth-order valence-electron chi connectivity index (χ4n) is 3.59. The maximum absolute atomic E-state index is 13.2. The van der Waals surface area contributed by atoms with Gasteiger partial charge in [-0.25, -0.2) is 4.98 Å². The largest absolute Gasteiger partial charge is 0.497 e. The van der Waals surface area contributed by atoms with Gasteiger partial charge in [0.2, 0.25) is 5.91 Å². The van der Waals surface area contributed by atoms with E-state index in [9.17, 15) is 9.59 Å². The standard InChI is InChI=1S/C23H21N5O3/c1-31-18-8-6-17(7-9-18)23(30)28-13-20-19(26-14-27-20)10-21(28)22(29)25-12-16-4-2-15(11-24)3-5-16/h2-9,14,21H,10,12-13H2,1H3,(H,25,29)(H,26,27)/t21-/m0/s1. The summed E-state index contributed by atoms with van der Waals surface area (Å²) in [6, 6.07) is 15.2. The number of aromatic nitrogens is 2. The van der Waals surface area contributed by atoms with Gasteiger partial charge in [0.1, 0.15) is 11.8 Å². The zero-order valence-electron chi connectivity index (χ0n) is 17.0. The van der Waals surface area contributed by atoms with E-state index in [0.717, 1.165) is 17.0 Å². The number of benzene rings is 2. The van der Waals surface area contributed by atoms with Gasteiger partial charge in [-0.05, 0) is 42.0 Å². The van der Waals surface area contributed by atoms with E-state index in [-0.39, 0.29) is 18.4 Å². The number of fused-ring (bicyclic) bond motifs is 1. The number of carbonyl (C=O) groups excluding carboxylic acids is 2. The quantitative estimate of drug-likeness (QED) is 0.663. The van der Waals surface area contributed by atoms with Gasteiger partial charge in [0.25, 0.3) is 5.91 Å². The van der Waals surface area contributed by atoms with Crippen LogP contribution in [0.25, 0.3) is 0 Å². The van der Waals surface area contributed by atoms with Crippen LogP contribution in [0.15, 0.2) is 54.9 Å². The van der Waals surface area contributed by atoms with Gasteiger partial charge in [0.05, 0.1) is 43.0 Å². The Hall–Kier alpha value is -4.12. The number of H-pyrrole nitrogens is 1. The van der Waals surface area contributed by atoms with Gasteiger partial charge in [-0.1, -0.05) is 12.1 Å². The van der Waals surface area contributed by atoms with E-state index in [1.54, 1.807) is 66.9 Å². The number of aromatic amines is 1. The Bertz CT molecular complexity index is 1130. The molecule has 4 rings (SSSR count). The van der Waals surface area contributed by atoms with Gasteiger partial charge in [-0.2, -0.15) is 5.26 Å². The second kappa shape index (κ2) is 8.71. The molecule has 0 saturated carbocycles. The smallest absolute Gasteiger partial charge is 0.254 e. The number of ether oxygens (including phenoxy) is 1. The number of nitrogens with zero attached hydrogens (tertiary/aromatic N) is 3. The maximum atomic E-state index is 13.2. The van der Waals surface area contributed by atoms with Crippen molar-refractivity contribution in [1.82, 2.24) is 20.2 Å². The summed E-state index contributed by atoms with van der Waals surface area (Å²) in [4.78, 5) is 35.2. The third kappa shape index (κ3) is 4.26. The number of nitrogens with one attached hydrogen (secondary N) is 2. The summed E-state index contributed by atoms with van der Waals surface area (Å²) in [5.74, 6) is 0.170. The van der Waals surface area contributed by atoms with Crippen molar-refractivity contribution in [2.75, 3.05) is 7.11 Å². The number of nitriles is 1. The summed E-state index contributed by atoms with van der Waals surface area (Å²) in [6.07, 6.45) is 1.91. The van der Waals surface area contributed by atoms with Gasteiger partial charge in [-0.3, -0.25) is 9.59 Å². The van der Waals surface area contributed by atoms with Gasteiger partial charge >= 0.3 is 0 Å². The predicted octanol–water partition coefficient (Wildman–Crippen LogP) is 2.17. The predicted molar refractivity (Wildman–Crippen MR) is 112 cm³/mol. The average Bonchev–Trinajstić information content (AvgIpc) is 3.29. The zero-order valence-corrected chi connectivity index (χ0v) is 17.0. The highest BCUT2D eigenvalue weighted by Gasteiger charge is 2.36. The van der Waals surface area contributed by atoms with Crippen LogP contribution in [-0.4, -0.2) is 39.8 Å². The topological polar surface area (TPSA) is 111 Å². The fourth-order valence-corrected chi connectivity index (χ4v) is 3.59. The summed E-state index contributed by atoms with van der Waals surface area (Å²) in [5, 5.41) is 11.8. The van der Waals surface area contributed by atoms with Crippen molar-refractivity contribution in [2.45, 2.75) is 25.6 Å². The van der Waals surface area contributed by atoms with Crippen molar-refractivity contribution < 1.29 is 14.3 Å². The molecule has 8 heteroatoms. The molecule has 3 aromatic rings. The van der Waals surface area contributed by atoms with Gasteiger partial charge < -0.3 is 19.9 Å². The Morgan fingerprint density at radius 2 is 1.97 bits per heavy atom. The lowest BCUT2D eigenvalue weighted by atomic mass is 10.00. The van der Waals surface area contributed by atoms with Crippen molar-refractivity contribution in [3.8, 4) is 11.8 Å². The first kappa shape index (κ1) is 20.2. The number of rotatable bonds is 5. The van der Waals surface area contributed by atoms with Crippen molar-refractivity contribution in [1.29, 1.82) is 5.26 Å². The van der Waals surface area contributed by atoms with Crippen LogP contribution in [0, 0.1) is 11.3 Å². The molecule has 31 heavy (non-hydrogen) atoms. The molecule has 1 aliphatic rings. The fraction of sp³-hybridized carbons (Fsp3) is 0.217. The Kier molecular flexibility index (Phi) is 5.67. The van der Waals surface area contributed by atoms with E-state index < -0.39 is 6.04 Å². The Balaban J connectivity index is 1.52. The molecule has 0 unspecified atom stereocenters. The molecule has 0 radical (unpaired) electrons. The van der Waals surface area contributed by atoms with Crippen LogP contribution in [-0.2, 0) is 24.3 Å². The van der Waals surface area contributed by atoms with Crippen molar-refractivity contribution in [3.05, 3.63) is 82.9 Å². The first-order valence-corrected chi connectivity index (χ1v) is 9.82. The number of amides is 2. The Labute approximate surface area is 179 Å². The summed E-state index contributed by atoms with van der Waals surface area (Å²) < 4.78 is 5.16. The van der Waals surface area contributed by atoms with Crippen molar-refractivity contribution in [2.24, 2.45) is 0 Å². The number of methoxy groups -OCH3 is 1. The number of imidazole rings is 1. The minimum atomic E-state index is -0.677. The highest BCUT2D eigenvalue weighted by atomic mass is 16.5. The lowest BCUT2D eigenvalue weighted by molar-refractivity contribution is -0.126. The Morgan fingerprint density at radius 3 is 2.65 bits per heavy atom. The van der Waals surface area contributed by atoms with Crippen molar-refractivity contribution in [3.63, 3.8) is 0 Å². The van der Waals surface area contributed by atoms with Crippen LogP contribution in [0.1, 0.15) is 32.9 Å². The second-order valence-corrected chi connectivity index (χ2v) is 7.24. The second-order valence-electron chi connectivity index (χ2n) is 7.24. The van der Waals surface area contributed by atoms with E-state index >= 15 is 0 Å². The zero-order chi connectivity index (χ0) is 21.8. The molecule has 8 nitrogen and oxygen atoms in total. The van der Waals surface area contributed by atoms with E-state index in [1.165, 1.54) is 0 Å². The molecular formula is C23H21N5O3. The molecule has 0 saturated heterocycles. The SMILES string of the molecule is COc1ccc(C(=O)N2Cc3[nH]cnc3C[C@H]2C(=O)NCc2ccc(C#N)cc2)cc1. The van der Waals surface area contributed by atoms with Crippen LogP contribution < -0.4 is 10.1 Å². The molecular weight excluding hydrogens is 394 g/mol. The molecule has 1 atom stereocenters. The highest BCUT2D eigenvalue weighted by molar-refractivity contribution is 5.98. The molecule has 2 aromatic carbocycles. The molecule has 2 heterocycles. The lowest BCUT2D eigenvalue weighted by Crippen LogP contribution is -2.52. The molecule has 156 valence electrons. The van der Waals surface area contributed by atoms with Gasteiger partial charge in [0, 0.05) is 18.5 Å². The molecule has 1 aromatic heterocycles. The summed E-state index contributed by atoms with van der Waals surface area (Å²) in [6.45, 7) is 0.578. The number of carbonyl (C=O) groups is 2. The van der Waals surface area contributed by atoms with E-state index in [2.05, 4.69) is 21.4 Å². The summed E-state index contributed by atoms with van der Waals surface area (Å²) in [5.41, 5.74) is 3.53. The lowest BCUT2D eigenvalue weighted by Gasteiger charge is -2.34. The third-order valence-electron chi connectivity index (χ3n) is 5.35.